The number of nitrogens with one attached hydrogen (secondary N) is 2. The molecule has 0 aromatic rings. The zero-order chi connectivity index (χ0) is 45.1. The largest absolute Gasteiger partial charge is 0.379 e. The highest BCUT2D eigenvalue weighted by Crippen LogP contribution is 2.25. The molecule has 0 aliphatic carbocycles. The van der Waals surface area contributed by atoms with Crippen molar-refractivity contribution in [2.75, 3.05) is 73.4 Å². The van der Waals surface area contributed by atoms with Gasteiger partial charge in [-0.2, -0.15) is 0 Å². The molecule has 1 aliphatic heterocycles. The number of ether oxygens (including phenoxy) is 6. The summed E-state index contributed by atoms with van der Waals surface area (Å²) in [4.78, 5) is 65.4. The van der Waals surface area contributed by atoms with Crippen LogP contribution in [0.3, 0.4) is 0 Å². The van der Waals surface area contributed by atoms with E-state index in [1.165, 1.54) is 12.2 Å². The third-order valence-electron chi connectivity index (χ3n) is 11.0. The van der Waals surface area contributed by atoms with Gasteiger partial charge in [-0.05, 0) is 115 Å². The van der Waals surface area contributed by atoms with Crippen molar-refractivity contribution in [2.24, 2.45) is 0 Å². The van der Waals surface area contributed by atoms with E-state index >= 15 is 0 Å². The molecule has 0 saturated carbocycles. The Hall–Kier alpha value is -2.95. The van der Waals surface area contributed by atoms with Crippen LogP contribution in [-0.4, -0.2) is 146 Å². The molecular weight excluding hydrogens is 761 g/mol. The second kappa shape index (κ2) is 24.5. The zero-order valence-corrected chi connectivity index (χ0v) is 39.1. The van der Waals surface area contributed by atoms with Crippen molar-refractivity contribution in [1.82, 2.24) is 20.4 Å². The summed E-state index contributed by atoms with van der Waals surface area (Å²) in [6.07, 6.45) is 6.24. The molecule has 1 unspecified atom stereocenters. The predicted molar refractivity (Wildman–Crippen MR) is 228 cm³/mol. The predicted octanol–water partition coefficient (Wildman–Crippen LogP) is 5.12. The summed E-state index contributed by atoms with van der Waals surface area (Å²) in [6.45, 7) is 26.3. The van der Waals surface area contributed by atoms with E-state index in [4.69, 9.17) is 28.4 Å². The minimum absolute atomic E-state index is 0.0359. The summed E-state index contributed by atoms with van der Waals surface area (Å²) in [6, 6.07) is 0. The maximum absolute atomic E-state index is 13.9. The Kier molecular flexibility index (Phi) is 22.4. The first-order valence-corrected chi connectivity index (χ1v) is 21.2. The Balaban J connectivity index is 2.66. The molecule has 15 nitrogen and oxygen atoms in total. The molecule has 1 aliphatic rings. The van der Waals surface area contributed by atoms with Gasteiger partial charge in [0.1, 0.15) is 0 Å². The molecule has 342 valence electrons. The second-order valence-electron chi connectivity index (χ2n) is 18.8. The third-order valence-corrected chi connectivity index (χ3v) is 11.0. The lowest BCUT2D eigenvalue weighted by molar-refractivity contribution is -0.144. The van der Waals surface area contributed by atoms with Crippen molar-refractivity contribution in [3.63, 3.8) is 0 Å². The van der Waals surface area contributed by atoms with Crippen molar-refractivity contribution in [3.05, 3.63) is 12.2 Å². The lowest BCUT2D eigenvalue weighted by atomic mass is 9.96. The van der Waals surface area contributed by atoms with Gasteiger partial charge in [-0.25, -0.2) is 0 Å². The summed E-state index contributed by atoms with van der Waals surface area (Å²) in [7, 11) is 3.35. The van der Waals surface area contributed by atoms with E-state index in [-0.39, 0.29) is 68.0 Å². The summed E-state index contributed by atoms with van der Waals surface area (Å²) in [5.41, 5.74) is -2.96. The zero-order valence-electron chi connectivity index (χ0n) is 39.1. The maximum atomic E-state index is 13.9. The van der Waals surface area contributed by atoms with Gasteiger partial charge in [0.25, 0.3) is 11.8 Å². The van der Waals surface area contributed by atoms with E-state index in [1.807, 2.05) is 83.1 Å². The van der Waals surface area contributed by atoms with E-state index in [0.717, 1.165) is 4.90 Å². The van der Waals surface area contributed by atoms with Crippen LogP contribution in [0, 0.1) is 0 Å². The molecule has 1 rings (SSSR count). The molecule has 0 radical (unpaired) electrons. The molecule has 2 N–H and O–H groups in total. The van der Waals surface area contributed by atoms with Crippen LogP contribution in [-0.2, 0) is 52.4 Å². The summed E-state index contributed by atoms with van der Waals surface area (Å²) in [5, 5.41) is 5.74. The van der Waals surface area contributed by atoms with E-state index < -0.39 is 34.2 Å². The van der Waals surface area contributed by atoms with Gasteiger partial charge in [0.15, 0.2) is 0 Å². The Morgan fingerprint density at radius 3 is 1.59 bits per heavy atom. The standard InChI is InChI=1S/C44H80N4O11/c1-15-44(12,59-30-22-40(4,5)55-14)32-38(53)47(27-20-42(8,9)57-28-21-39(2,3)54-13)33-35(50)46-25-31-58-43(10,11)23-29-56-41(6,7)19-24-45-34(49)18-26-48-36(51)16-17-37(48)52/h16-17H,15,18-33H2,1-14H3,(H,45,49)(H,46,50). The number of amides is 5. The lowest BCUT2D eigenvalue weighted by Gasteiger charge is -2.34. The van der Waals surface area contributed by atoms with Crippen LogP contribution >= 0.6 is 0 Å². The van der Waals surface area contributed by atoms with Gasteiger partial charge in [0, 0.05) is 59.0 Å². The highest BCUT2D eigenvalue weighted by Gasteiger charge is 2.32. The fourth-order valence-electron chi connectivity index (χ4n) is 5.72. The lowest BCUT2D eigenvalue weighted by Crippen LogP contribution is -2.46. The second-order valence-corrected chi connectivity index (χ2v) is 18.8. The van der Waals surface area contributed by atoms with Crippen LogP contribution in [0.4, 0.5) is 0 Å². The van der Waals surface area contributed by atoms with Gasteiger partial charge in [0.2, 0.25) is 17.7 Å². The fourth-order valence-corrected chi connectivity index (χ4v) is 5.72. The first-order chi connectivity index (χ1) is 27.2. The number of nitrogens with zero attached hydrogens (tertiary/aromatic N) is 2. The van der Waals surface area contributed by atoms with Gasteiger partial charge < -0.3 is 44.0 Å². The highest BCUT2D eigenvalue weighted by molar-refractivity contribution is 6.13. The number of carbonyl (C=O) groups excluding carboxylic acids is 5. The van der Waals surface area contributed by atoms with Crippen LogP contribution < -0.4 is 10.6 Å². The number of hydrogen-bond acceptors (Lipinski definition) is 11. The minimum Gasteiger partial charge on any atom is -0.379 e. The van der Waals surface area contributed by atoms with Crippen molar-refractivity contribution >= 4 is 29.5 Å². The van der Waals surface area contributed by atoms with Gasteiger partial charge in [-0.1, -0.05) is 6.92 Å². The molecule has 5 amide bonds. The topological polar surface area (TPSA) is 171 Å². The average Bonchev–Trinajstić information content (AvgIpc) is 3.46. The smallest absolute Gasteiger partial charge is 0.253 e. The molecule has 15 heteroatoms. The Morgan fingerprint density at radius 1 is 0.610 bits per heavy atom. The molecule has 0 fully saturated rings. The van der Waals surface area contributed by atoms with Gasteiger partial charge >= 0.3 is 0 Å². The van der Waals surface area contributed by atoms with Gasteiger partial charge in [-0.15, -0.1) is 0 Å². The Bertz CT molecular complexity index is 1360. The Morgan fingerprint density at radius 2 is 1.07 bits per heavy atom. The van der Waals surface area contributed by atoms with E-state index in [0.29, 0.717) is 71.4 Å². The average molecular weight is 841 g/mol. The third kappa shape index (κ3) is 23.0. The normalized spacial score (nSPS) is 15.1. The van der Waals surface area contributed by atoms with E-state index in [1.54, 1.807) is 19.1 Å². The van der Waals surface area contributed by atoms with Crippen LogP contribution in [0.25, 0.3) is 0 Å². The molecule has 1 heterocycles. The van der Waals surface area contributed by atoms with Gasteiger partial charge in [-0.3, -0.25) is 28.9 Å². The highest BCUT2D eigenvalue weighted by atomic mass is 16.5. The number of hydrogen-bond donors (Lipinski definition) is 2. The fraction of sp³-hybridized carbons (Fsp3) is 0.841. The van der Waals surface area contributed by atoms with Crippen LogP contribution in [0.5, 0.6) is 0 Å². The number of methoxy groups -OCH3 is 2. The van der Waals surface area contributed by atoms with Crippen molar-refractivity contribution in [2.45, 2.75) is 168 Å². The summed E-state index contributed by atoms with van der Waals surface area (Å²) >= 11 is 0. The molecular formula is C44H80N4O11. The molecule has 0 aromatic carbocycles. The SMILES string of the molecule is CCC(C)(CC(=O)N(CCC(C)(C)OCCC(C)(C)OC)CC(=O)NCCOC(C)(C)CCOC(C)(C)CCNC(=O)CCN1C(=O)C=CC1=O)OCCC(C)(C)OC. The van der Waals surface area contributed by atoms with Crippen molar-refractivity contribution in [1.29, 1.82) is 0 Å². The molecule has 59 heavy (non-hydrogen) atoms. The molecule has 0 aromatic heterocycles. The maximum Gasteiger partial charge on any atom is 0.253 e. The van der Waals surface area contributed by atoms with Gasteiger partial charge in [0.05, 0.1) is 73.0 Å². The molecule has 0 spiro atoms. The van der Waals surface area contributed by atoms with Crippen LogP contribution in [0.1, 0.15) is 134 Å². The molecule has 0 saturated heterocycles. The van der Waals surface area contributed by atoms with Crippen molar-refractivity contribution in [3.8, 4) is 0 Å². The summed E-state index contributed by atoms with van der Waals surface area (Å²) in [5.74, 6) is -1.51. The molecule has 0 bridgehead atoms. The van der Waals surface area contributed by atoms with E-state index in [2.05, 4.69) is 10.6 Å². The number of rotatable bonds is 32. The summed E-state index contributed by atoms with van der Waals surface area (Å²) < 4.78 is 35.8. The monoisotopic (exact) mass is 841 g/mol. The van der Waals surface area contributed by atoms with Crippen LogP contribution in [0.2, 0.25) is 0 Å². The Labute approximate surface area is 355 Å². The van der Waals surface area contributed by atoms with Crippen molar-refractivity contribution < 1.29 is 52.4 Å². The minimum atomic E-state index is -0.708. The number of carbonyl (C=O) groups is 5. The first kappa shape index (κ1) is 54.1. The van der Waals surface area contributed by atoms with Crippen LogP contribution in [0.15, 0.2) is 12.2 Å². The quantitative estimate of drug-likeness (QED) is 0.0681. The number of imide groups is 1. The van der Waals surface area contributed by atoms with E-state index in [9.17, 15) is 24.0 Å². The first-order valence-electron chi connectivity index (χ1n) is 21.2. The molecule has 1 atom stereocenters.